The number of hydrogen-bond acceptors (Lipinski definition) is 2. The van der Waals surface area contributed by atoms with Gasteiger partial charge in [0, 0.05) is 15.1 Å². The van der Waals surface area contributed by atoms with Gasteiger partial charge in [-0.2, -0.15) is 0 Å². The van der Waals surface area contributed by atoms with Crippen molar-refractivity contribution < 1.29 is 9.84 Å². The van der Waals surface area contributed by atoms with Crippen LogP contribution in [0.4, 0.5) is 0 Å². The van der Waals surface area contributed by atoms with E-state index in [2.05, 4.69) is 22.5 Å². The molecule has 2 nitrogen and oxygen atoms in total. The Morgan fingerprint density at radius 1 is 1.60 bits per heavy atom. The first-order chi connectivity index (χ1) is 7.04. The van der Waals surface area contributed by atoms with Crippen LogP contribution in [0.1, 0.15) is 11.1 Å². The lowest BCUT2D eigenvalue weighted by Crippen LogP contribution is -2.02. The Hall–Kier alpha value is -0.510. The number of aryl methyl sites for hydroxylation is 1. The van der Waals surface area contributed by atoms with E-state index in [1.807, 2.05) is 19.1 Å². The number of halogens is 2. The fourth-order valence-electron chi connectivity index (χ4n) is 1.27. The minimum Gasteiger partial charge on any atom is -0.487 e. The van der Waals surface area contributed by atoms with Crippen LogP contribution in [-0.4, -0.2) is 11.7 Å². The van der Waals surface area contributed by atoms with E-state index in [1.54, 1.807) is 0 Å². The Morgan fingerprint density at radius 3 is 2.80 bits per heavy atom. The molecule has 0 unspecified atom stereocenters. The second kappa shape index (κ2) is 5.54. The number of aliphatic hydroxyl groups excluding tert-OH is 1. The molecule has 0 fully saturated rings. The summed E-state index contributed by atoms with van der Waals surface area (Å²) in [5.41, 5.74) is 1.69. The third-order valence-electron chi connectivity index (χ3n) is 1.86. The van der Waals surface area contributed by atoms with Gasteiger partial charge in [-0.1, -0.05) is 34.1 Å². The fourth-order valence-corrected chi connectivity index (χ4v) is 1.95. The first-order valence-corrected chi connectivity index (χ1v) is 5.57. The van der Waals surface area contributed by atoms with Crippen LogP contribution in [0, 0.1) is 6.92 Å². The third-order valence-corrected chi connectivity index (χ3v) is 2.43. The van der Waals surface area contributed by atoms with E-state index < -0.39 is 0 Å². The molecule has 1 N–H and O–H groups in total. The number of aliphatic hydroxyl groups is 1. The molecule has 0 aromatic heterocycles. The highest BCUT2D eigenvalue weighted by Crippen LogP contribution is 2.28. The summed E-state index contributed by atoms with van der Waals surface area (Å²) in [6, 6.07) is 3.74. The summed E-state index contributed by atoms with van der Waals surface area (Å²) < 4.78 is 6.38. The lowest BCUT2D eigenvalue weighted by Gasteiger charge is -2.13. The highest BCUT2D eigenvalue weighted by Gasteiger charge is 2.08. The highest BCUT2D eigenvalue weighted by molar-refractivity contribution is 9.10. The lowest BCUT2D eigenvalue weighted by atomic mass is 10.1. The fraction of sp³-hybridized carbons (Fsp3) is 0.273. The second-order valence-corrected chi connectivity index (χ2v) is 4.63. The molecule has 0 radical (unpaired) electrons. The van der Waals surface area contributed by atoms with E-state index in [9.17, 15) is 5.11 Å². The van der Waals surface area contributed by atoms with Crippen molar-refractivity contribution in [2.45, 2.75) is 13.5 Å². The number of rotatable bonds is 4. The van der Waals surface area contributed by atoms with E-state index >= 15 is 0 Å². The summed E-state index contributed by atoms with van der Waals surface area (Å²) in [4.78, 5) is 0. The molecule has 0 aliphatic heterocycles. The van der Waals surface area contributed by atoms with Crippen LogP contribution in [0.5, 0.6) is 5.75 Å². The summed E-state index contributed by atoms with van der Waals surface area (Å²) in [5, 5.41) is 9.61. The lowest BCUT2D eigenvalue weighted by molar-refractivity contribution is 0.269. The van der Waals surface area contributed by atoms with Crippen molar-refractivity contribution in [2.75, 3.05) is 6.61 Å². The molecule has 0 saturated carbocycles. The standard InChI is InChI=1S/C11H12BrClO2/c1-7-3-10(12)4-9(5-14)11(7)15-6-8(2)13/h3-4,14H,2,5-6H2,1H3. The SMILES string of the molecule is C=C(Cl)COc1c(C)cc(Br)cc1CO. The summed E-state index contributed by atoms with van der Waals surface area (Å²) in [6.07, 6.45) is 0. The Morgan fingerprint density at radius 2 is 2.27 bits per heavy atom. The number of hydrogen-bond donors (Lipinski definition) is 1. The van der Waals surface area contributed by atoms with Gasteiger partial charge in [0.1, 0.15) is 12.4 Å². The van der Waals surface area contributed by atoms with Gasteiger partial charge in [0.15, 0.2) is 0 Å². The predicted octanol–water partition coefficient (Wildman–Crippen LogP) is 3.38. The molecule has 0 aliphatic rings. The molecule has 0 saturated heterocycles. The zero-order valence-corrected chi connectivity index (χ0v) is 10.7. The molecule has 0 bridgehead atoms. The van der Waals surface area contributed by atoms with Crippen LogP contribution in [-0.2, 0) is 6.61 Å². The first kappa shape index (κ1) is 12.6. The van der Waals surface area contributed by atoms with Gasteiger partial charge < -0.3 is 9.84 Å². The zero-order chi connectivity index (χ0) is 11.4. The summed E-state index contributed by atoms with van der Waals surface area (Å²) >= 11 is 8.97. The van der Waals surface area contributed by atoms with Crippen molar-refractivity contribution in [3.63, 3.8) is 0 Å². The van der Waals surface area contributed by atoms with E-state index in [4.69, 9.17) is 16.3 Å². The molecule has 0 heterocycles. The van der Waals surface area contributed by atoms with Gasteiger partial charge >= 0.3 is 0 Å². The van der Waals surface area contributed by atoms with E-state index in [0.29, 0.717) is 10.8 Å². The zero-order valence-electron chi connectivity index (χ0n) is 8.39. The average molecular weight is 292 g/mol. The maximum atomic E-state index is 9.18. The second-order valence-electron chi connectivity index (χ2n) is 3.17. The van der Waals surface area contributed by atoms with Crippen LogP contribution in [0.25, 0.3) is 0 Å². The Bertz CT molecular complexity index is 377. The van der Waals surface area contributed by atoms with E-state index in [0.717, 1.165) is 15.6 Å². The average Bonchev–Trinajstić information content (AvgIpc) is 2.14. The van der Waals surface area contributed by atoms with Crippen LogP contribution in [0.15, 0.2) is 28.2 Å². The maximum Gasteiger partial charge on any atom is 0.128 e. The monoisotopic (exact) mass is 290 g/mol. The molecule has 1 rings (SSSR count). The van der Waals surface area contributed by atoms with Gasteiger partial charge in [-0.3, -0.25) is 0 Å². The molecule has 0 spiro atoms. The van der Waals surface area contributed by atoms with Crippen molar-refractivity contribution in [2.24, 2.45) is 0 Å². The van der Waals surface area contributed by atoms with Gasteiger partial charge in [-0.05, 0) is 24.6 Å². The Kier molecular flexibility index (Phi) is 4.64. The minimum atomic E-state index is -0.0651. The van der Waals surface area contributed by atoms with Crippen molar-refractivity contribution in [3.05, 3.63) is 39.3 Å². The minimum absolute atomic E-state index is 0.0651. The highest BCUT2D eigenvalue weighted by atomic mass is 79.9. The van der Waals surface area contributed by atoms with Gasteiger partial charge in [0.2, 0.25) is 0 Å². The van der Waals surface area contributed by atoms with E-state index in [1.165, 1.54) is 0 Å². The third kappa shape index (κ3) is 3.52. The van der Waals surface area contributed by atoms with Gasteiger partial charge in [-0.15, -0.1) is 0 Å². The van der Waals surface area contributed by atoms with Gasteiger partial charge in [0.05, 0.1) is 6.61 Å². The largest absolute Gasteiger partial charge is 0.487 e. The Balaban J connectivity index is 2.98. The molecule has 1 aromatic rings. The van der Waals surface area contributed by atoms with Crippen molar-refractivity contribution in [3.8, 4) is 5.75 Å². The first-order valence-electron chi connectivity index (χ1n) is 4.40. The normalized spacial score (nSPS) is 10.1. The van der Waals surface area contributed by atoms with Crippen molar-refractivity contribution in [1.29, 1.82) is 0 Å². The van der Waals surface area contributed by atoms with Gasteiger partial charge in [-0.25, -0.2) is 0 Å². The molecular weight excluding hydrogens is 279 g/mol. The van der Waals surface area contributed by atoms with Crippen LogP contribution in [0.3, 0.4) is 0 Å². The van der Waals surface area contributed by atoms with Crippen LogP contribution in [0.2, 0.25) is 0 Å². The smallest absolute Gasteiger partial charge is 0.128 e. The molecule has 82 valence electrons. The van der Waals surface area contributed by atoms with Crippen LogP contribution < -0.4 is 4.74 Å². The van der Waals surface area contributed by atoms with Crippen molar-refractivity contribution >= 4 is 27.5 Å². The Labute approximate surface area is 103 Å². The van der Waals surface area contributed by atoms with E-state index in [-0.39, 0.29) is 13.2 Å². The summed E-state index contributed by atoms with van der Waals surface area (Å²) in [7, 11) is 0. The van der Waals surface area contributed by atoms with Gasteiger partial charge in [0.25, 0.3) is 0 Å². The number of ether oxygens (including phenoxy) is 1. The summed E-state index contributed by atoms with van der Waals surface area (Å²) in [6.45, 7) is 5.64. The molecule has 0 atom stereocenters. The number of benzene rings is 1. The molecule has 0 aliphatic carbocycles. The topological polar surface area (TPSA) is 29.5 Å². The summed E-state index contributed by atoms with van der Waals surface area (Å²) in [5.74, 6) is 0.669. The van der Waals surface area contributed by atoms with Crippen LogP contribution >= 0.6 is 27.5 Å². The maximum absolute atomic E-state index is 9.18. The molecule has 1 aromatic carbocycles. The quantitative estimate of drug-likeness (QED) is 0.921. The van der Waals surface area contributed by atoms with Crippen molar-refractivity contribution in [1.82, 2.24) is 0 Å². The molecule has 4 heteroatoms. The molecule has 15 heavy (non-hydrogen) atoms. The predicted molar refractivity (Wildman–Crippen MR) is 65.3 cm³/mol. The molecular formula is C11H12BrClO2. The molecule has 0 amide bonds.